The Morgan fingerprint density at radius 1 is 1.50 bits per heavy atom. The van der Waals surface area contributed by atoms with Crippen molar-refractivity contribution in [3.63, 3.8) is 0 Å². The largest absolute Gasteiger partial charge is 0.360 e. The average Bonchev–Trinajstić information content (AvgIpc) is 2.39. The molecule has 18 heavy (non-hydrogen) atoms. The van der Waals surface area contributed by atoms with E-state index in [2.05, 4.69) is 31.0 Å². The van der Waals surface area contributed by atoms with Gasteiger partial charge in [-0.15, -0.1) is 0 Å². The number of hydrogen-bond acceptors (Lipinski definition) is 3. The van der Waals surface area contributed by atoms with Gasteiger partial charge in [-0.3, -0.25) is 4.99 Å². The van der Waals surface area contributed by atoms with Crippen molar-refractivity contribution in [3.05, 3.63) is 0 Å². The molecule has 2 aliphatic heterocycles. The van der Waals surface area contributed by atoms with E-state index in [1.54, 1.807) is 0 Å². The minimum Gasteiger partial charge on any atom is -0.360 e. The molecule has 2 heterocycles. The summed E-state index contributed by atoms with van der Waals surface area (Å²) in [6.45, 7) is 10.4. The standard InChI is InChI=1S/C14H27N3S/c1-4-14(3)8-10-18-13(16-14)15-12-7-6-9-17(5-2)11-12/h12H,4-11H2,1-3H3,(H,15,16). The monoisotopic (exact) mass is 269 g/mol. The first-order valence-electron chi connectivity index (χ1n) is 7.36. The molecular weight excluding hydrogens is 242 g/mol. The van der Waals surface area contributed by atoms with Crippen LogP contribution in [-0.2, 0) is 0 Å². The number of piperidine rings is 1. The maximum atomic E-state index is 4.96. The number of amidine groups is 1. The number of nitrogens with zero attached hydrogens (tertiary/aromatic N) is 2. The van der Waals surface area contributed by atoms with Gasteiger partial charge in [-0.05, 0) is 45.7 Å². The molecule has 0 amide bonds. The van der Waals surface area contributed by atoms with Gasteiger partial charge in [0.2, 0.25) is 0 Å². The Hall–Kier alpha value is -0.220. The summed E-state index contributed by atoms with van der Waals surface area (Å²) in [5, 5.41) is 4.84. The second-order valence-corrected chi connectivity index (χ2v) is 6.84. The number of aliphatic imine (C=N–C) groups is 1. The molecule has 0 bridgehead atoms. The average molecular weight is 269 g/mol. The topological polar surface area (TPSA) is 27.6 Å². The van der Waals surface area contributed by atoms with E-state index < -0.39 is 0 Å². The minimum absolute atomic E-state index is 0.267. The zero-order valence-electron chi connectivity index (χ0n) is 12.0. The zero-order chi connectivity index (χ0) is 13.0. The molecule has 104 valence electrons. The summed E-state index contributed by atoms with van der Waals surface area (Å²) >= 11 is 1.90. The van der Waals surface area contributed by atoms with Crippen molar-refractivity contribution in [2.45, 2.75) is 58.0 Å². The van der Waals surface area contributed by atoms with Gasteiger partial charge in [0.05, 0.1) is 6.04 Å². The van der Waals surface area contributed by atoms with Gasteiger partial charge in [0.25, 0.3) is 0 Å². The van der Waals surface area contributed by atoms with E-state index in [1.807, 2.05) is 11.8 Å². The molecule has 4 heteroatoms. The second-order valence-electron chi connectivity index (χ2n) is 5.76. The molecule has 0 aromatic carbocycles. The Morgan fingerprint density at radius 2 is 2.33 bits per heavy atom. The Bertz CT molecular complexity index is 305. The van der Waals surface area contributed by atoms with Gasteiger partial charge in [-0.2, -0.15) is 0 Å². The maximum absolute atomic E-state index is 4.96. The van der Waals surface area contributed by atoms with Crippen molar-refractivity contribution >= 4 is 16.9 Å². The maximum Gasteiger partial charge on any atom is 0.157 e. The molecule has 0 saturated carbocycles. The van der Waals surface area contributed by atoms with Crippen LogP contribution in [-0.4, -0.2) is 47.0 Å². The quantitative estimate of drug-likeness (QED) is 0.854. The van der Waals surface area contributed by atoms with Gasteiger partial charge in [-0.1, -0.05) is 25.6 Å². The molecule has 3 nitrogen and oxygen atoms in total. The number of likely N-dealkylation sites (tertiary alicyclic amines) is 1. The molecule has 2 fully saturated rings. The predicted molar refractivity (Wildman–Crippen MR) is 81.5 cm³/mol. The SMILES string of the molecule is CCN1CCCC(N=C2NC(C)(CC)CCS2)C1. The number of likely N-dealkylation sites (N-methyl/N-ethyl adjacent to an activating group) is 1. The Balaban J connectivity index is 1.95. The van der Waals surface area contributed by atoms with E-state index in [0.29, 0.717) is 6.04 Å². The lowest BCUT2D eigenvalue weighted by atomic mass is 9.96. The van der Waals surface area contributed by atoms with Crippen LogP contribution in [0.15, 0.2) is 4.99 Å². The van der Waals surface area contributed by atoms with E-state index in [1.165, 1.54) is 43.1 Å². The molecule has 0 aromatic rings. The number of hydrogen-bond donors (Lipinski definition) is 1. The molecule has 0 aromatic heterocycles. The summed E-state index contributed by atoms with van der Waals surface area (Å²) in [4.78, 5) is 7.48. The van der Waals surface area contributed by atoms with Crippen molar-refractivity contribution in [2.24, 2.45) is 4.99 Å². The summed E-state index contributed by atoms with van der Waals surface area (Å²) in [6.07, 6.45) is 4.98. The van der Waals surface area contributed by atoms with Crippen molar-refractivity contribution in [2.75, 3.05) is 25.4 Å². The number of thioether (sulfide) groups is 1. The molecule has 2 aliphatic rings. The molecule has 0 radical (unpaired) electrons. The van der Waals surface area contributed by atoms with Gasteiger partial charge in [0, 0.05) is 17.8 Å². The summed E-state index contributed by atoms with van der Waals surface area (Å²) < 4.78 is 0. The second kappa shape index (κ2) is 6.29. The lowest BCUT2D eigenvalue weighted by molar-refractivity contribution is 0.219. The third-order valence-electron chi connectivity index (χ3n) is 4.31. The molecular formula is C14H27N3S. The Labute approximate surface area is 116 Å². The first kappa shape index (κ1) is 14.2. The van der Waals surface area contributed by atoms with Crippen LogP contribution in [0, 0.1) is 0 Å². The number of rotatable bonds is 3. The molecule has 2 unspecified atom stereocenters. The van der Waals surface area contributed by atoms with Gasteiger partial charge in [-0.25, -0.2) is 0 Å². The fourth-order valence-corrected chi connectivity index (χ4v) is 3.94. The van der Waals surface area contributed by atoms with Crippen LogP contribution in [0.2, 0.25) is 0 Å². The van der Waals surface area contributed by atoms with Gasteiger partial charge in [0.1, 0.15) is 0 Å². The van der Waals surface area contributed by atoms with Crippen LogP contribution in [0.5, 0.6) is 0 Å². The number of nitrogens with one attached hydrogen (secondary N) is 1. The van der Waals surface area contributed by atoms with Crippen molar-refractivity contribution in [1.29, 1.82) is 0 Å². The predicted octanol–water partition coefficient (Wildman–Crippen LogP) is 2.72. The smallest absolute Gasteiger partial charge is 0.157 e. The third-order valence-corrected chi connectivity index (χ3v) is 5.20. The van der Waals surface area contributed by atoms with E-state index in [-0.39, 0.29) is 5.54 Å². The first-order chi connectivity index (χ1) is 8.65. The van der Waals surface area contributed by atoms with Gasteiger partial charge < -0.3 is 10.2 Å². The van der Waals surface area contributed by atoms with Crippen LogP contribution in [0.3, 0.4) is 0 Å². The summed E-state index contributed by atoms with van der Waals surface area (Å²) in [5.41, 5.74) is 0.267. The Morgan fingerprint density at radius 3 is 3.06 bits per heavy atom. The first-order valence-corrected chi connectivity index (χ1v) is 8.35. The van der Waals surface area contributed by atoms with E-state index in [9.17, 15) is 0 Å². The van der Waals surface area contributed by atoms with Gasteiger partial charge >= 0.3 is 0 Å². The normalized spacial score (nSPS) is 36.6. The van der Waals surface area contributed by atoms with E-state index in [4.69, 9.17) is 4.99 Å². The third kappa shape index (κ3) is 3.64. The molecule has 0 spiro atoms. The lowest BCUT2D eigenvalue weighted by Crippen LogP contribution is -2.49. The minimum atomic E-state index is 0.267. The highest BCUT2D eigenvalue weighted by molar-refractivity contribution is 8.13. The Kier molecular flexibility index (Phi) is 4.96. The van der Waals surface area contributed by atoms with Crippen LogP contribution in [0.4, 0.5) is 0 Å². The highest BCUT2D eigenvalue weighted by Gasteiger charge is 2.28. The molecule has 2 saturated heterocycles. The lowest BCUT2D eigenvalue weighted by Gasteiger charge is -2.36. The van der Waals surface area contributed by atoms with Crippen molar-refractivity contribution in [3.8, 4) is 0 Å². The summed E-state index contributed by atoms with van der Waals surface area (Å²) in [7, 11) is 0. The zero-order valence-corrected chi connectivity index (χ0v) is 12.9. The molecule has 2 atom stereocenters. The van der Waals surface area contributed by atoms with E-state index in [0.717, 1.165) is 13.1 Å². The molecule has 2 rings (SSSR count). The van der Waals surface area contributed by atoms with E-state index >= 15 is 0 Å². The van der Waals surface area contributed by atoms with Crippen LogP contribution >= 0.6 is 11.8 Å². The summed E-state index contributed by atoms with van der Waals surface area (Å²) in [6, 6.07) is 0.507. The van der Waals surface area contributed by atoms with Crippen LogP contribution < -0.4 is 5.32 Å². The molecule has 1 N–H and O–H groups in total. The fourth-order valence-electron chi connectivity index (χ4n) is 2.65. The highest BCUT2D eigenvalue weighted by Crippen LogP contribution is 2.26. The van der Waals surface area contributed by atoms with Gasteiger partial charge in [0.15, 0.2) is 5.17 Å². The van der Waals surface area contributed by atoms with Crippen molar-refractivity contribution < 1.29 is 0 Å². The summed E-state index contributed by atoms with van der Waals surface area (Å²) in [5.74, 6) is 1.21. The molecule has 0 aliphatic carbocycles. The highest BCUT2D eigenvalue weighted by atomic mass is 32.2. The fraction of sp³-hybridized carbons (Fsp3) is 0.929. The van der Waals surface area contributed by atoms with Crippen LogP contribution in [0.1, 0.15) is 46.5 Å². The van der Waals surface area contributed by atoms with Crippen LogP contribution in [0.25, 0.3) is 0 Å². The van der Waals surface area contributed by atoms with Crippen molar-refractivity contribution in [1.82, 2.24) is 10.2 Å².